The first-order valence-corrected chi connectivity index (χ1v) is 6.18. The van der Waals surface area contributed by atoms with Gasteiger partial charge in [-0.2, -0.15) is 5.10 Å². The molecule has 3 nitrogen and oxygen atoms in total. The van der Waals surface area contributed by atoms with Gasteiger partial charge < -0.3 is 5.32 Å². The van der Waals surface area contributed by atoms with E-state index < -0.39 is 0 Å². The molecule has 1 aromatic carbocycles. The van der Waals surface area contributed by atoms with Crippen molar-refractivity contribution < 1.29 is 4.39 Å². The monoisotopic (exact) mass is 267 g/mol. The Morgan fingerprint density at radius 1 is 1.44 bits per heavy atom. The predicted molar refractivity (Wildman–Crippen MR) is 70.1 cm³/mol. The maximum absolute atomic E-state index is 14.0. The summed E-state index contributed by atoms with van der Waals surface area (Å²) in [5, 5.41) is 7.77. The van der Waals surface area contributed by atoms with Gasteiger partial charge in [-0.25, -0.2) is 4.39 Å². The summed E-state index contributed by atoms with van der Waals surface area (Å²) in [5.74, 6) is -0.311. The summed E-state index contributed by atoms with van der Waals surface area (Å²) in [4.78, 5) is 0. The van der Waals surface area contributed by atoms with E-state index >= 15 is 0 Å². The van der Waals surface area contributed by atoms with E-state index in [4.69, 9.17) is 11.6 Å². The van der Waals surface area contributed by atoms with E-state index in [0.717, 1.165) is 5.69 Å². The van der Waals surface area contributed by atoms with Crippen molar-refractivity contribution in [1.29, 1.82) is 0 Å². The highest BCUT2D eigenvalue weighted by Gasteiger charge is 2.22. The Kier molecular flexibility index (Phi) is 3.99. The number of hydrogen-bond donors (Lipinski definition) is 1. The fourth-order valence-corrected chi connectivity index (χ4v) is 2.28. The maximum Gasteiger partial charge on any atom is 0.129 e. The standard InChI is InChI=1S/C13H15ClFN3/c1-3-16-13(11-7-8-17-18(11)2)12-9(14)5-4-6-10(12)15/h4-8,13,16H,3H2,1-2H3. The molecule has 0 aliphatic carbocycles. The summed E-state index contributed by atoms with van der Waals surface area (Å²) < 4.78 is 15.7. The van der Waals surface area contributed by atoms with Crippen LogP contribution in [0.1, 0.15) is 24.2 Å². The van der Waals surface area contributed by atoms with Gasteiger partial charge in [0.05, 0.1) is 11.7 Å². The number of halogens is 2. The lowest BCUT2D eigenvalue weighted by Crippen LogP contribution is -2.25. The molecule has 0 spiro atoms. The molecule has 0 saturated carbocycles. The molecule has 0 fully saturated rings. The Hall–Kier alpha value is -1.39. The van der Waals surface area contributed by atoms with Crippen molar-refractivity contribution >= 4 is 11.6 Å². The van der Waals surface area contributed by atoms with Crippen molar-refractivity contribution in [2.45, 2.75) is 13.0 Å². The van der Waals surface area contributed by atoms with Gasteiger partial charge in [0.15, 0.2) is 0 Å². The topological polar surface area (TPSA) is 29.9 Å². The molecule has 1 heterocycles. The summed E-state index contributed by atoms with van der Waals surface area (Å²) in [6, 6.07) is 6.28. The summed E-state index contributed by atoms with van der Waals surface area (Å²) in [7, 11) is 1.83. The zero-order valence-electron chi connectivity index (χ0n) is 10.3. The Morgan fingerprint density at radius 3 is 2.78 bits per heavy atom. The lowest BCUT2D eigenvalue weighted by atomic mass is 10.0. The van der Waals surface area contributed by atoms with Crippen molar-refractivity contribution in [2.75, 3.05) is 6.54 Å². The average molecular weight is 268 g/mol. The highest BCUT2D eigenvalue weighted by molar-refractivity contribution is 6.31. The molecule has 0 bridgehead atoms. The number of aryl methyl sites for hydroxylation is 1. The number of nitrogens with zero attached hydrogens (tertiary/aromatic N) is 2. The van der Waals surface area contributed by atoms with Gasteiger partial charge in [-0.15, -0.1) is 0 Å². The fraction of sp³-hybridized carbons (Fsp3) is 0.308. The van der Waals surface area contributed by atoms with Gasteiger partial charge in [-0.1, -0.05) is 24.6 Å². The summed E-state index contributed by atoms with van der Waals surface area (Å²) in [6.45, 7) is 2.68. The van der Waals surface area contributed by atoms with Gasteiger partial charge in [0.1, 0.15) is 5.82 Å². The molecule has 5 heteroatoms. The minimum absolute atomic E-state index is 0.295. The molecule has 1 N–H and O–H groups in total. The van der Waals surface area contributed by atoms with Crippen LogP contribution in [0.25, 0.3) is 0 Å². The molecule has 1 unspecified atom stereocenters. The molecule has 1 atom stereocenters. The van der Waals surface area contributed by atoms with E-state index in [1.807, 2.05) is 20.0 Å². The van der Waals surface area contributed by atoms with Crippen LogP contribution in [0.3, 0.4) is 0 Å². The lowest BCUT2D eigenvalue weighted by molar-refractivity contribution is 0.532. The number of hydrogen-bond acceptors (Lipinski definition) is 2. The highest BCUT2D eigenvalue weighted by Crippen LogP contribution is 2.30. The molecular weight excluding hydrogens is 253 g/mol. The van der Waals surface area contributed by atoms with Crippen LogP contribution in [0.4, 0.5) is 4.39 Å². The summed E-state index contributed by atoms with van der Waals surface area (Å²) in [6.07, 6.45) is 1.69. The molecule has 18 heavy (non-hydrogen) atoms. The van der Waals surface area contributed by atoms with E-state index in [1.165, 1.54) is 6.07 Å². The van der Waals surface area contributed by atoms with E-state index in [-0.39, 0.29) is 11.9 Å². The van der Waals surface area contributed by atoms with Crippen molar-refractivity contribution in [3.05, 3.63) is 52.6 Å². The highest BCUT2D eigenvalue weighted by atomic mass is 35.5. The zero-order valence-corrected chi connectivity index (χ0v) is 11.1. The van der Waals surface area contributed by atoms with E-state index in [9.17, 15) is 4.39 Å². The van der Waals surface area contributed by atoms with Crippen LogP contribution in [0, 0.1) is 5.82 Å². The van der Waals surface area contributed by atoms with E-state index in [0.29, 0.717) is 17.1 Å². The SMILES string of the molecule is CCNC(c1c(F)cccc1Cl)c1ccnn1C. The molecule has 0 saturated heterocycles. The fourth-order valence-electron chi connectivity index (χ4n) is 2.01. The Labute approximate surface area is 111 Å². The number of benzene rings is 1. The molecule has 2 rings (SSSR count). The second-order valence-corrected chi connectivity index (χ2v) is 4.41. The molecule has 0 aliphatic heterocycles. The third kappa shape index (κ3) is 2.40. The smallest absolute Gasteiger partial charge is 0.129 e. The third-order valence-electron chi connectivity index (χ3n) is 2.85. The minimum Gasteiger partial charge on any atom is -0.305 e. The van der Waals surface area contributed by atoms with Crippen LogP contribution in [-0.2, 0) is 7.05 Å². The summed E-state index contributed by atoms with van der Waals surface area (Å²) in [5.41, 5.74) is 1.34. The van der Waals surface area contributed by atoms with Crippen molar-refractivity contribution in [2.24, 2.45) is 7.05 Å². The first-order chi connectivity index (χ1) is 8.65. The quantitative estimate of drug-likeness (QED) is 0.923. The Bertz CT molecular complexity index is 519. The largest absolute Gasteiger partial charge is 0.305 e. The van der Waals surface area contributed by atoms with Gasteiger partial charge in [0.2, 0.25) is 0 Å². The number of aromatic nitrogens is 2. The zero-order chi connectivity index (χ0) is 13.1. The van der Waals surface area contributed by atoms with Gasteiger partial charge in [-0.3, -0.25) is 4.68 Å². The van der Waals surface area contributed by atoms with Crippen molar-refractivity contribution in [1.82, 2.24) is 15.1 Å². The molecular formula is C13H15ClFN3. The van der Waals surface area contributed by atoms with Crippen LogP contribution in [0.2, 0.25) is 5.02 Å². The van der Waals surface area contributed by atoms with Crippen LogP contribution >= 0.6 is 11.6 Å². The Morgan fingerprint density at radius 2 is 2.22 bits per heavy atom. The van der Waals surface area contributed by atoms with E-state index in [2.05, 4.69) is 10.4 Å². The molecule has 0 amide bonds. The van der Waals surface area contributed by atoms with Gasteiger partial charge in [0.25, 0.3) is 0 Å². The third-order valence-corrected chi connectivity index (χ3v) is 3.18. The molecule has 96 valence electrons. The number of rotatable bonds is 4. The van der Waals surface area contributed by atoms with Crippen molar-refractivity contribution in [3.8, 4) is 0 Å². The van der Waals surface area contributed by atoms with Gasteiger partial charge in [-0.05, 0) is 24.7 Å². The van der Waals surface area contributed by atoms with Gasteiger partial charge >= 0.3 is 0 Å². The van der Waals surface area contributed by atoms with Crippen LogP contribution in [0.5, 0.6) is 0 Å². The Balaban J connectivity index is 2.52. The van der Waals surface area contributed by atoms with Crippen molar-refractivity contribution in [3.63, 3.8) is 0 Å². The van der Waals surface area contributed by atoms with Gasteiger partial charge in [0, 0.05) is 23.8 Å². The lowest BCUT2D eigenvalue weighted by Gasteiger charge is -2.20. The average Bonchev–Trinajstić information content (AvgIpc) is 2.74. The maximum atomic E-state index is 14.0. The first-order valence-electron chi connectivity index (χ1n) is 5.80. The molecule has 0 aliphatic rings. The normalized spacial score (nSPS) is 12.7. The number of nitrogens with one attached hydrogen (secondary N) is 1. The van der Waals surface area contributed by atoms with Crippen LogP contribution in [0.15, 0.2) is 30.5 Å². The van der Waals surface area contributed by atoms with Crippen LogP contribution < -0.4 is 5.32 Å². The minimum atomic E-state index is -0.311. The molecule has 2 aromatic rings. The van der Waals surface area contributed by atoms with E-state index in [1.54, 1.807) is 23.0 Å². The summed E-state index contributed by atoms with van der Waals surface area (Å²) >= 11 is 6.12. The molecule has 0 radical (unpaired) electrons. The first kappa shape index (κ1) is 13.1. The second kappa shape index (κ2) is 5.50. The molecule has 1 aromatic heterocycles. The van der Waals surface area contributed by atoms with Crippen LogP contribution in [-0.4, -0.2) is 16.3 Å². The predicted octanol–water partition coefficient (Wildman–Crippen LogP) is 2.91. The second-order valence-electron chi connectivity index (χ2n) is 4.01.